The number of para-hydroxylation sites is 3. The molecule has 0 aliphatic carbocycles. The molecule has 6 nitrogen and oxygen atoms in total. The molecule has 0 radical (unpaired) electrons. The van der Waals surface area contributed by atoms with E-state index in [1.807, 2.05) is 0 Å². The van der Waals surface area contributed by atoms with Crippen molar-refractivity contribution < 1.29 is 23.1 Å². The van der Waals surface area contributed by atoms with Gasteiger partial charge in [-0.25, -0.2) is 13.8 Å². The van der Waals surface area contributed by atoms with Gasteiger partial charge in [-0.05, 0) is 42.5 Å². The molecule has 0 atom stereocenters. The summed E-state index contributed by atoms with van der Waals surface area (Å²) in [4.78, 5) is 30.2. The normalized spacial score (nSPS) is 10.8. The summed E-state index contributed by atoms with van der Waals surface area (Å²) < 4.78 is 33.4. The molecule has 1 N–H and O–H groups in total. The van der Waals surface area contributed by atoms with E-state index in [2.05, 4.69) is 10.3 Å². The Balaban J connectivity index is 1.47. The number of nitrogens with zero attached hydrogens (tertiary/aromatic N) is 2. The maximum absolute atomic E-state index is 14.2. The summed E-state index contributed by atoms with van der Waals surface area (Å²) in [5.41, 5.74) is 0.914. The Morgan fingerprint density at radius 1 is 1.03 bits per heavy atom. The lowest BCUT2D eigenvalue weighted by molar-refractivity contribution is -0.116. The van der Waals surface area contributed by atoms with Crippen LogP contribution in [0.2, 0.25) is 0 Å². The first-order chi connectivity index (χ1) is 16.9. The van der Waals surface area contributed by atoms with Crippen molar-refractivity contribution in [3.05, 3.63) is 102 Å². The molecular weight excluding hydrogens is 472 g/mol. The van der Waals surface area contributed by atoms with Crippen molar-refractivity contribution >= 4 is 45.7 Å². The average Bonchev–Trinajstić information content (AvgIpc) is 3.29. The van der Waals surface area contributed by atoms with Crippen molar-refractivity contribution in [1.29, 1.82) is 0 Å². The average molecular weight is 492 g/mol. The van der Waals surface area contributed by atoms with Gasteiger partial charge in [0.25, 0.3) is 0 Å². The Bertz CT molecular complexity index is 1400. The minimum absolute atomic E-state index is 0.0949. The Hall–Kier alpha value is -4.37. The number of carbonyl (C=O) groups excluding carboxylic acids is 2. The first kappa shape index (κ1) is 23.8. The molecule has 176 valence electrons. The highest BCUT2D eigenvalue weighted by Crippen LogP contribution is 2.32. The van der Waals surface area contributed by atoms with Crippen LogP contribution in [-0.4, -0.2) is 16.8 Å². The minimum atomic E-state index is -0.548. The van der Waals surface area contributed by atoms with Crippen molar-refractivity contribution in [3.63, 3.8) is 0 Å². The van der Waals surface area contributed by atoms with Crippen molar-refractivity contribution in [2.45, 2.75) is 6.92 Å². The van der Waals surface area contributed by atoms with Crippen molar-refractivity contribution in [1.82, 2.24) is 4.98 Å². The summed E-state index contributed by atoms with van der Waals surface area (Å²) in [6, 6.07) is 18.3. The van der Waals surface area contributed by atoms with Gasteiger partial charge in [0.05, 0.1) is 17.1 Å². The number of ether oxygens (including phenoxy) is 1. The second-order valence-electron chi connectivity index (χ2n) is 7.24. The van der Waals surface area contributed by atoms with E-state index in [1.165, 1.54) is 60.4 Å². The molecule has 0 saturated heterocycles. The van der Waals surface area contributed by atoms with E-state index in [0.717, 1.165) is 11.3 Å². The molecule has 0 spiro atoms. The molecule has 0 saturated carbocycles. The van der Waals surface area contributed by atoms with Crippen LogP contribution in [0, 0.1) is 11.6 Å². The zero-order valence-corrected chi connectivity index (χ0v) is 19.3. The molecule has 0 fully saturated rings. The van der Waals surface area contributed by atoms with Crippen LogP contribution in [-0.2, 0) is 9.59 Å². The number of anilines is 3. The van der Waals surface area contributed by atoms with E-state index >= 15 is 0 Å². The molecule has 0 unspecified atom stereocenters. The van der Waals surface area contributed by atoms with E-state index in [0.29, 0.717) is 22.9 Å². The Labute approximate surface area is 204 Å². The van der Waals surface area contributed by atoms with Crippen LogP contribution in [0.4, 0.5) is 25.3 Å². The van der Waals surface area contributed by atoms with Crippen LogP contribution >= 0.6 is 11.3 Å². The number of rotatable bonds is 7. The number of thiazole rings is 1. The van der Waals surface area contributed by atoms with Crippen LogP contribution in [0.15, 0.2) is 84.3 Å². The number of nitrogens with one attached hydrogen (secondary N) is 1. The minimum Gasteiger partial charge on any atom is -0.455 e. The molecule has 0 aliphatic rings. The van der Waals surface area contributed by atoms with Gasteiger partial charge < -0.3 is 10.1 Å². The Morgan fingerprint density at radius 3 is 2.57 bits per heavy atom. The van der Waals surface area contributed by atoms with Gasteiger partial charge in [0.15, 0.2) is 10.9 Å². The molecule has 0 bridgehead atoms. The molecule has 35 heavy (non-hydrogen) atoms. The van der Waals surface area contributed by atoms with E-state index in [1.54, 1.807) is 41.8 Å². The Kier molecular flexibility index (Phi) is 7.27. The van der Waals surface area contributed by atoms with E-state index in [-0.39, 0.29) is 10.8 Å². The Morgan fingerprint density at radius 2 is 1.80 bits per heavy atom. The zero-order valence-electron chi connectivity index (χ0n) is 18.4. The topological polar surface area (TPSA) is 71.5 Å². The van der Waals surface area contributed by atoms with Crippen LogP contribution in [0.5, 0.6) is 11.5 Å². The third kappa shape index (κ3) is 5.96. The molecule has 4 aromatic rings. The highest BCUT2D eigenvalue weighted by atomic mass is 32.1. The molecule has 4 rings (SSSR count). The number of hydrogen-bond acceptors (Lipinski definition) is 5. The predicted molar refractivity (Wildman–Crippen MR) is 132 cm³/mol. The van der Waals surface area contributed by atoms with Gasteiger partial charge in [0.2, 0.25) is 11.8 Å². The monoisotopic (exact) mass is 491 g/mol. The molecule has 2 amide bonds. The fourth-order valence-corrected chi connectivity index (χ4v) is 4.00. The number of aromatic nitrogens is 1. The summed E-state index contributed by atoms with van der Waals surface area (Å²) in [6.07, 6.45) is 2.75. The summed E-state index contributed by atoms with van der Waals surface area (Å²) in [5.74, 6) is -1.19. The van der Waals surface area contributed by atoms with Crippen LogP contribution in [0.1, 0.15) is 12.6 Å². The maximum Gasteiger partial charge on any atom is 0.248 e. The fourth-order valence-electron chi connectivity index (χ4n) is 3.15. The van der Waals surface area contributed by atoms with E-state index < -0.39 is 23.4 Å². The SMILES string of the molecule is CC(=O)N(c1nc(/C=C/C(=O)Nc2ccccc2Oc2cccc(F)c2)cs1)c1ccccc1F. The molecule has 3 aromatic carbocycles. The van der Waals surface area contributed by atoms with Crippen molar-refractivity contribution in [2.75, 3.05) is 10.2 Å². The summed E-state index contributed by atoms with van der Waals surface area (Å²) in [5, 5.41) is 4.64. The highest BCUT2D eigenvalue weighted by Gasteiger charge is 2.20. The van der Waals surface area contributed by atoms with Gasteiger partial charge in [-0.3, -0.25) is 14.5 Å². The quantitative estimate of drug-likeness (QED) is 0.298. The third-order valence-corrected chi connectivity index (χ3v) is 5.53. The summed E-state index contributed by atoms with van der Waals surface area (Å²) in [7, 11) is 0. The van der Waals surface area contributed by atoms with E-state index in [9.17, 15) is 18.4 Å². The first-order valence-corrected chi connectivity index (χ1v) is 11.3. The summed E-state index contributed by atoms with van der Waals surface area (Å²) in [6.45, 7) is 1.32. The number of halogens is 2. The maximum atomic E-state index is 14.2. The lowest BCUT2D eigenvalue weighted by Crippen LogP contribution is -2.23. The standard InChI is InChI=1S/C26H19F2N3O3S/c1-17(32)31(23-11-4-2-9-21(23)28)26-29-19(16-35-26)13-14-25(33)30-22-10-3-5-12-24(22)34-20-8-6-7-18(27)15-20/h2-16H,1H3,(H,30,33)/b14-13+. The van der Waals surface area contributed by atoms with Gasteiger partial charge in [-0.2, -0.15) is 0 Å². The molecule has 1 heterocycles. The van der Waals surface area contributed by atoms with Gasteiger partial charge in [-0.1, -0.05) is 30.3 Å². The lowest BCUT2D eigenvalue weighted by Gasteiger charge is -2.18. The smallest absolute Gasteiger partial charge is 0.248 e. The highest BCUT2D eigenvalue weighted by molar-refractivity contribution is 7.14. The summed E-state index contributed by atoms with van der Waals surface area (Å²) >= 11 is 1.14. The van der Waals surface area contributed by atoms with Crippen molar-refractivity contribution in [2.24, 2.45) is 0 Å². The predicted octanol–water partition coefficient (Wildman–Crippen LogP) is 6.55. The second-order valence-corrected chi connectivity index (χ2v) is 8.08. The zero-order chi connectivity index (χ0) is 24.8. The molecular formula is C26H19F2N3O3S. The number of carbonyl (C=O) groups is 2. The van der Waals surface area contributed by atoms with Crippen LogP contribution in [0.25, 0.3) is 6.08 Å². The largest absolute Gasteiger partial charge is 0.455 e. The number of amides is 2. The van der Waals surface area contributed by atoms with Gasteiger partial charge in [0, 0.05) is 24.4 Å². The molecule has 9 heteroatoms. The lowest BCUT2D eigenvalue weighted by atomic mass is 10.2. The number of hydrogen-bond donors (Lipinski definition) is 1. The fraction of sp³-hybridized carbons (Fsp3) is 0.0385. The van der Waals surface area contributed by atoms with Crippen LogP contribution < -0.4 is 15.0 Å². The van der Waals surface area contributed by atoms with Crippen LogP contribution in [0.3, 0.4) is 0 Å². The van der Waals surface area contributed by atoms with Crippen molar-refractivity contribution in [3.8, 4) is 11.5 Å². The number of benzene rings is 3. The molecule has 0 aliphatic heterocycles. The second kappa shape index (κ2) is 10.7. The van der Waals surface area contributed by atoms with Gasteiger partial charge in [-0.15, -0.1) is 11.3 Å². The van der Waals surface area contributed by atoms with E-state index in [4.69, 9.17) is 4.74 Å². The van der Waals surface area contributed by atoms with Gasteiger partial charge >= 0.3 is 0 Å². The molecule has 1 aromatic heterocycles. The third-order valence-electron chi connectivity index (χ3n) is 4.68. The first-order valence-electron chi connectivity index (χ1n) is 10.4. The van der Waals surface area contributed by atoms with Gasteiger partial charge in [0.1, 0.15) is 17.4 Å².